The summed E-state index contributed by atoms with van der Waals surface area (Å²) in [6.07, 6.45) is 2.87. The van der Waals surface area contributed by atoms with Crippen LogP contribution in [-0.2, 0) is 13.2 Å². The quantitative estimate of drug-likeness (QED) is 0.579. The summed E-state index contributed by atoms with van der Waals surface area (Å²) in [5.41, 5.74) is 1.79. The van der Waals surface area contributed by atoms with Crippen LogP contribution in [0.15, 0.2) is 6.20 Å². The van der Waals surface area contributed by atoms with Gasteiger partial charge in [0.25, 0.3) is 0 Å². The fourth-order valence-electron chi connectivity index (χ4n) is 1.82. The topological polar surface area (TPSA) is 85.6 Å². The predicted molar refractivity (Wildman–Crippen MR) is 69.2 cm³/mol. The molecule has 5 nitrogen and oxygen atoms in total. The van der Waals surface area contributed by atoms with Crippen molar-refractivity contribution < 1.29 is 15.3 Å². The molecule has 0 aliphatic rings. The molecule has 5 heteroatoms. The van der Waals surface area contributed by atoms with Gasteiger partial charge in [0, 0.05) is 30.4 Å². The van der Waals surface area contributed by atoms with E-state index in [0.717, 1.165) is 12.8 Å². The Balaban J connectivity index is 2.63. The normalized spacial score (nSPS) is 12.7. The number of nitrogens with zero attached hydrogens (tertiary/aromatic N) is 1. The molecule has 1 unspecified atom stereocenters. The van der Waals surface area contributed by atoms with Gasteiger partial charge in [-0.1, -0.05) is 13.3 Å². The minimum atomic E-state index is -0.377. The molecule has 1 atom stereocenters. The van der Waals surface area contributed by atoms with E-state index in [0.29, 0.717) is 29.9 Å². The minimum Gasteiger partial charge on any atom is -0.506 e. The summed E-state index contributed by atoms with van der Waals surface area (Å²) in [5.74, 6) is 0.110. The maximum absolute atomic E-state index is 9.90. The van der Waals surface area contributed by atoms with Gasteiger partial charge in [0.2, 0.25) is 0 Å². The molecule has 0 aliphatic carbocycles. The molecule has 0 radical (unpaired) electrons. The van der Waals surface area contributed by atoms with Crippen molar-refractivity contribution in [3.8, 4) is 5.75 Å². The van der Waals surface area contributed by atoms with Crippen LogP contribution in [-0.4, -0.2) is 33.0 Å². The molecular formula is C13H22N2O3. The van der Waals surface area contributed by atoms with Crippen LogP contribution >= 0.6 is 0 Å². The van der Waals surface area contributed by atoms with E-state index >= 15 is 0 Å². The average Bonchev–Trinajstić information content (AvgIpc) is 2.35. The molecule has 0 fully saturated rings. The second-order valence-corrected chi connectivity index (χ2v) is 4.43. The molecular weight excluding hydrogens is 232 g/mol. The zero-order valence-electron chi connectivity index (χ0n) is 11.0. The van der Waals surface area contributed by atoms with Crippen LogP contribution in [0.5, 0.6) is 5.75 Å². The van der Waals surface area contributed by atoms with Gasteiger partial charge in [-0.3, -0.25) is 4.98 Å². The smallest absolute Gasteiger partial charge is 0.141 e. The summed E-state index contributed by atoms with van der Waals surface area (Å²) in [5, 5.41) is 31.8. The molecule has 1 aromatic heterocycles. The molecule has 102 valence electrons. The Kier molecular flexibility index (Phi) is 6.04. The molecule has 1 heterocycles. The SMILES string of the molecule is CCCC(O)CNCc1c(CO)cnc(C)c1O. The molecule has 4 N–H and O–H groups in total. The van der Waals surface area contributed by atoms with Crippen molar-refractivity contribution in [3.05, 3.63) is 23.0 Å². The van der Waals surface area contributed by atoms with Gasteiger partial charge in [-0.25, -0.2) is 0 Å². The van der Waals surface area contributed by atoms with E-state index in [1.807, 2.05) is 6.92 Å². The van der Waals surface area contributed by atoms with E-state index in [1.54, 1.807) is 13.1 Å². The maximum atomic E-state index is 9.90. The lowest BCUT2D eigenvalue weighted by atomic mass is 10.1. The van der Waals surface area contributed by atoms with E-state index in [1.165, 1.54) is 0 Å². The third-order valence-electron chi connectivity index (χ3n) is 2.90. The van der Waals surface area contributed by atoms with Crippen LogP contribution in [0.1, 0.15) is 36.6 Å². The molecule has 0 saturated carbocycles. The summed E-state index contributed by atoms with van der Waals surface area (Å²) in [4.78, 5) is 4.00. The Bertz CT molecular complexity index is 383. The van der Waals surface area contributed by atoms with Gasteiger partial charge < -0.3 is 20.6 Å². The van der Waals surface area contributed by atoms with E-state index in [2.05, 4.69) is 10.3 Å². The monoisotopic (exact) mass is 254 g/mol. The zero-order valence-corrected chi connectivity index (χ0v) is 11.0. The first-order chi connectivity index (χ1) is 8.60. The van der Waals surface area contributed by atoms with Crippen molar-refractivity contribution in [2.45, 2.75) is 45.9 Å². The Morgan fingerprint density at radius 1 is 1.44 bits per heavy atom. The van der Waals surface area contributed by atoms with Crippen molar-refractivity contribution in [1.82, 2.24) is 10.3 Å². The second-order valence-electron chi connectivity index (χ2n) is 4.43. The van der Waals surface area contributed by atoms with Crippen LogP contribution < -0.4 is 5.32 Å². The molecule has 0 amide bonds. The lowest BCUT2D eigenvalue weighted by Gasteiger charge is -2.14. The molecule has 0 bridgehead atoms. The highest BCUT2D eigenvalue weighted by atomic mass is 16.3. The van der Waals surface area contributed by atoms with Gasteiger partial charge in [0.05, 0.1) is 18.4 Å². The van der Waals surface area contributed by atoms with Crippen molar-refractivity contribution in [1.29, 1.82) is 0 Å². The lowest BCUT2D eigenvalue weighted by Crippen LogP contribution is -2.26. The summed E-state index contributed by atoms with van der Waals surface area (Å²) < 4.78 is 0. The Morgan fingerprint density at radius 2 is 2.17 bits per heavy atom. The molecule has 1 rings (SSSR count). The molecule has 1 aromatic rings. The third kappa shape index (κ3) is 3.94. The van der Waals surface area contributed by atoms with Crippen LogP contribution in [0.4, 0.5) is 0 Å². The highest BCUT2D eigenvalue weighted by Crippen LogP contribution is 2.23. The number of aromatic nitrogens is 1. The largest absolute Gasteiger partial charge is 0.506 e. The van der Waals surface area contributed by atoms with E-state index in [9.17, 15) is 15.3 Å². The lowest BCUT2D eigenvalue weighted by molar-refractivity contribution is 0.160. The van der Waals surface area contributed by atoms with Crippen LogP contribution in [0.3, 0.4) is 0 Å². The number of nitrogens with one attached hydrogen (secondary N) is 1. The highest BCUT2D eigenvalue weighted by molar-refractivity contribution is 5.40. The van der Waals surface area contributed by atoms with Gasteiger partial charge in [-0.2, -0.15) is 0 Å². The Hall–Kier alpha value is -1.17. The molecule has 0 saturated heterocycles. The van der Waals surface area contributed by atoms with E-state index in [4.69, 9.17) is 0 Å². The number of rotatable bonds is 7. The number of hydrogen-bond donors (Lipinski definition) is 4. The van der Waals surface area contributed by atoms with Crippen molar-refractivity contribution in [2.24, 2.45) is 0 Å². The van der Waals surface area contributed by atoms with Gasteiger partial charge in [-0.05, 0) is 13.3 Å². The standard InChI is InChI=1S/C13H22N2O3/c1-3-4-11(17)6-14-7-12-10(8-16)5-15-9(2)13(12)18/h5,11,14,16-18H,3-4,6-8H2,1-2H3. The summed E-state index contributed by atoms with van der Waals surface area (Å²) in [6.45, 7) is 4.46. The van der Waals surface area contributed by atoms with Crippen molar-refractivity contribution >= 4 is 0 Å². The number of hydrogen-bond acceptors (Lipinski definition) is 5. The van der Waals surface area contributed by atoms with Crippen molar-refractivity contribution in [3.63, 3.8) is 0 Å². The molecule has 18 heavy (non-hydrogen) atoms. The summed E-state index contributed by atoms with van der Waals surface area (Å²) >= 11 is 0. The first-order valence-corrected chi connectivity index (χ1v) is 6.26. The molecule has 0 aromatic carbocycles. The van der Waals surface area contributed by atoms with Gasteiger partial charge in [-0.15, -0.1) is 0 Å². The number of aliphatic hydroxyl groups excluding tert-OH is 2. The summed E-state index contributed by atoms with van der Waals surface area (Å²) in [6, 6.07) is 0. The molecule has 0 spiro atoms. The third-order valence-corrected chi connectivity index (χ3v) is 2.90. The second kappa shape index (κ2) is 7.31. The first kappa shape index (κ1) is 14.9. The van der Waals surface area contributed by atoms with Gasteiger partial charge in [0.1, 0.15) is 5.75 Å². The first-order valence-electron chi connectivity index (χ1n) is 6.26. The molecule has 0 aliphatic heterocycles. The fraction of sp³-hybridized carbons (Fsp3) is 0.615. The number of aromatic hydroxyl groups is 1. The number of aryl methyl sites for hydroxylation is 1. The number of aliphatic hydroxyl groups is 2. The van der Waals surface area contributed by atoms with Crippen LogP contribution in [0.2, 0.25) is 0 Å². The summed E-state index contributed by atoms with van der Waals surface area (Å²) in [7, 11) is 0. The maximum Gasteiger partial charge on any atom is 0.141 e. The Morgan fingerprint density at radius 3 is 2.78 bits per heavy atom. The van der Waals surface area contributed by atoms with Gasteiger partial charge in [0.15, 0.2) is 0 Å². The highest BCUT2D eigenvalue weighted by Gasteiger charge is 2.11. The van der Waals surface area contributed by atoms with E-state index in [-0.39, 0.29) is 18.5 Å². The zero-order chi connectivity index (χ0) is 13.5. The van der Waals surface area contributed by atoms with Crippen LogP contribution in [0, 0.1) is 6.92 Å². The van der Waals surface area contributed by atoms with Gasteiger partial charge >= 0.3 is 0 Å². The Labute approximate surface area is 108 Å². The van der Waals surface area contributed by atoms with E-state index < -0.39 is 0 Å². The minimum absolute atomic E-state index is 0.110. The fourth-order valence-corrected chi connectivity index (χ4v) is 1.82. The van der Waals surface area contributed by atoms with Crippen molar-refractivity contribution in [2.75, 3.05) is 6.54 Å². The predicted octanol–water partition coefficient (Wildman–Crippen LogP) is 0.839. The average molecular weight is 254 g/mol. The number of pyridine rings is 1. The van der Waals surface area contributed by atoms with Crippen LogP contribution in [0.25, 0.3) is 0 Å².